The first-order valence-corrected chi connectivity index (χ1v) is 9.80. The number of aryl methyl sites for hydroxylation is 1. The number of rotatable bonds is 6. The van der Waals surface area contributed by atoms with Gasteiger partial charge in [-0.3, -0.25) is 4.68 Å². The van der Waals surface area contributed by atoms with Crippen LogP contribution < -0.4 is 20.3 Å². The van der Waals surface area contributed by atoms with E-state index in [0.29, 0.717) is 6.54 Å². The van der Waals surface area contributed by atoms with Crippen LogP contribution in [0.15, 0.2) is 36.7 Å². The Morgan fingerprint density at radius 2 is 2.07 bits per heavy atom. The third kappa shape index (κ3) is 4.97. The quantitative estimate of drug-likeness (QED) is 0.802. The molecule has 152 valence electrons. The third-order valence-corrected chi connectivity index (χ3v) is 5.38. The van der Waals surface area contributed by atoms with Gasteiger partial charge in [0, 0.05) is 44.3 Å². The second-order valence-corrected chi connectivity index (χ2v) is 8.10. The van der Waals surface area contributed by atoms with E-state index in [1.807, 2.05) is 43.7 Å². The van der Waals surface area contributed by atoms with Crippen LogP contribution in [0.4, 0.5) is 10.5 Å². The lowest BCUT2D eigenvalue weighted by Crippen LogP contribution is -2.52. The summed E-state index contributed by atoms with van der Waals surface area (Å²) in [5.41, 5.74) is 2.10. The highest BCUT2D eigenvalue weighted by atomic mass is 16.5. The number of aromatic nitrogens is 2. The fourth-order valence-electron chi connectivity index (χ4n) is 3.58. The molecule has 28 heavy (non-hydrogen) atoms. The normalized spacial score (nSPS) is 17.3. The molecule has 1 aliphatic rings. The second-order valence-electron chi connectivity index (χ2n) is 8.10. The Kier molecular flexibility index (Phi) is 6.11. The Balaban J connectivity index is 1.50. The maximum Gasteiger partial charge on any atom is 0.315 e. The molecule has 1 aromatic carbocycles. The summed E-state index contributed by atoms with van der Waals surface area (Å²) >= 11 is 0. The van der Waals surface area contributed by atoms with Crippen molar-refractivity contribution in [2.75, 3.05) is 31.6 Å². The molecular formula is C21H31N5O2. The molecule has 1 unspecified atom stereocenters. The average molecular weight is 386 g/mol. The first kappa shape index (κ1) is 20.0. The van der Waals surface area contributed by atoms with Gasteiger partial charge in [-0.25, -0.2) is 4.79 Å². The fraction of sp³-hybridized carbons (Fsp3) is 0.524. The standard InChI is InChI=1S/C21H31N5O2/c1-21(2,16-7-9-19(28-4)10-8-16)15-22-20(27)24-17-6-5-11-26(13-17)18-12-23-25(3)14-18/h7-10,12,14,17H,5-6,11,13,15H2,1-4H3,(H2,22,24,27). The van der Waals surface area contributed by atoms with Crippen molar-refractivity contribution in [3.63, 3.8) is 0 Å². The first-order chi connectivity index (χ1) is 13.4. The number of nitrogens with zero attached hydrogens (tertiary/aromatic N) is 3. The maximum atomic E-state index is 12.5. The summed E-state index contributed by atoms with van der Waals surface area (Å²) in [5, 5.41) is 10.4. The molecule has 2 N–H and O–H groups in total. The van der Waals surface area contributed by atoms with Crippen molar-refractivity contribution in [1.82, 2.24) is 20.4 Å². The van der Waals surface area contributed by atoms with Crippen LogP contribution in [-0.4, -0.2) is 48.6 Å². The Bertz CT molecular complexity index is 784. The highest BCUT2D eigenvalue weighted by molar-refractivity contribution is 5.74. The zero-order valence-electron chi connectivity index (χ0n) is 17.2. The highest BCUT2D eigenvalue weighted by Gasteiger charge is 2.25. The summed E-state index contributed by atoms with van der Waals surface area (Å²) in [6.07, 6.45) is 5.93. The van der Waals surface area contributed by atoms with E-state index in [0.717, 1.165) is 42.9 Å². The number of piperidine rings is 1. The van der Waals surface area contributed by atoms with Crippen molar-refractivity contribution in [2.45, 2.75) is 38.1 Å². The Morgan fingerprint density at radius 1 is 1.32 bits per heavy atom. The minimum atomic E-state index is -0.169. The van der Waals surface area contributed by atoms with Crippen LogP contribution in [0.3, 0.4) is 0 Å². The summed E-state index contributed by atoms with van der Waals surface area (Å²) in [6, 6.07) is 8.02. The summed E-state index contributed by atoms with van der Waals surface area (Å²) in [6.45, 7) is 6.61. The maximum absolute atomic E-state index is 12.5. The van der Waals surface area contributed by atoms with Crippen molar-refractivity contribution >= 4 is 11.7 Å². The van der Waals surface area contributed by atoms with Crippen LogP contribution in [0.5, 0.6) is 5.75 Å². The lowest BCUT2D eigenvalue weighted by atomic mass is 9.84. The van der Waals surface area contributed by atoms with Gasteiger partial charge in [0.2, 0.25) is 0 Å². The number of anilines is 1. The molecule has 7 nitrogen and oxygen atoms in total. The number of nitrogens with one attached hydrogen (secondary N) is 2. The first-order valence-electron chi connectivity index (χ1n) is 9.80. The molecule has 0 saturated carbocycles. The number of urea groups is 1. The number of methoxy groups -OCH3 is 1. The molecule has 0 radical (unpaired) electrons. The van der Waals surface area contributed by atoms with Crippen LogP contribution in [0.1, 0.15) is 32.3 Å². The summed E-state index contributed by atoms with van der Waals surface area (Å²) in [4.78, 5) is 14.7. The Labute approximate surface area is 167 Å². The van der Waals surface area contributed by atoms with Crippen molar-refractivity contribution in [1.29, 1.82) is 0 Å². The number of carbonyl (C=O) groups excluding carboxylic acids is 1. The second kappa shape index (κ2) is 8.54. The molecule has 7 heteroatoms. The van der Waals surface area contributed by atoms with Gasteiger partial charge in [-0.1, -0.05) is 26.0 Å². The molecule has 1 aromatic heterocycles. The van der Waals surface area contributed by atoms with Crippen molar-refractivity contribution < 1.29 is 9.53 Å². The summed E-state index contributed by atoms with van der Waals surface area (Å²) < 4.78 is 7.02. The molecule has 1 aliphatic heterocycles. The van der Waals surface area contributed by atoms with E-state index >= 15 is 0 Å². The van der Waals surface area contributed by atoms with Crippen LogP contribution in [0.25, 0.3) is 0 Å². The van der Waals surface area contributed by atoms with Crippen molar-refractivity contribution in [2.24, 2.45) is 7.05 Å². The van der Waals surface area contributed by atoms with E-state index in [-0.39, 0.29) is 17.5 Å². The van der Waals surface area contributed by atoms with Crippen molar-refractivity contribution in [3.8, 4) is 5.75 Å². The monoisotopic (exact) mass is 385 g/mol. The summed E-state index contributed by atoms with van der Waals surface area (Å²) in [7, 11) is 3.58. The third-order valence-electron chi connectivity index (χ3n) is 5.38. The Hall–Kier alpha value is -2.70. The number of ether oxygens (including phenoxy) is 1. The van der Waals surface area contributed by atoms with Gasteiger partial charge in [0.05, 0.1) is 19.0 Å². The lowest BCUT2D eigenvalue weighted by Gasteiger charge is -2.34. The number of carbonyl (C=O) groups is 1. The van der Waals surface area contributed by atoms with Gasteiger partial charge in [0.15, 0.2) is 0 Å². The number of hydrogen-bond donors (Lipinski definition) is 2. The molecule has 1 saturated heterocycles. The van der Waals surface area contributed by atoms with Gasteiger partial charge in [-0.2, -0.15) is 5.10 Å². The SMILES string of the molecule is COc1ccc(C(C)(C)CNC(=O)NC2CCCN(c3cnn(C)c3)C2)cc1. The van der Waals surface area contributed by atoms with Crippen molar-refractivity contribution in [3.05, 3.63) is 42.2 Å². The zero-order chi connectivity index (χ0) is 20.1. The minimum Gasteiger partial charge on any atom is -0.497 e. The van der Waals surface area contributed by atoms with Gasteiger partial charge >= 0.3 is 6.03 Å². The van der Waals surface area contributed by atoms with Crippen LogP contribution in [0.2, 0.25) is 0 Å². The van der Waals surface area contributed by atoms with Crippen LogP contribution in [0, 0.1) is 0 Å². The van der Waals surface area contributed by atoms with E-state index < -0.39 is 0 Å². The fourth-order valence-corrected chi connectivity index (χ4v) is 3.58. The molecule has 3 rings (SSSR count). The minimum absolute atomic E-state index is 0.111. The number of amides is 2. The molecule has 2 heterocycles. The van der Waals surface area contributed by atoms with E-state index in [1.165, 1.54) is 0 Å². The molecule has 0 bridgehead atoms. The van der Waals surface area contributed by atoms with Gasteiger partial charge in [0.25, 0.3) is 0 Å². The van der Waals surface area contributed by atoms with Crippen LogP contribution in [-0.2, 0) is 12.5 Å². The molecule has 2 amide bonds. The number of hydrogen-bond acceptors (Lipinski definition) is 4. The largest absolute Gasteiger partial charge is 0.497 e. The van der Waals surface area contributed by atoms with E-state index in [1.54, 1.807) is 11.8 Å². The molecular weight excluding hydrogens is 354 g/mol. The van der Waals surface area contributed by atoms with Gasteiger partial charge in [0.1, 0.15) is 5.75 Å². The summed E-state index contributed by atoms with van der Waals surface area (Å²) in [5.74, 6) is 0.834. The molecule has 2 aromatic rings. The highest BCUT2D eigenvalue weighted by Crippen LogP contribution is 2.24. The molecule has 0 spiro atoms. The average Bonchev–Trinajstić information content (AvgIpc) is 3.13. The zero-order valence-corrected chi connectivity index (χ0v) is 17.2. The van der Waals surface area contributed by atoms with Gasteiger partial charge in [-0.05, 0) is 30.5 Å². The molecule has 1 atom stereocenters. The molecule has 1 fully saturated rings. The predicted octanol–water partition coefficient (Wildman–Crippen LogP) is 2.67. The van der Waals surface area contributed by atoms with E-state index in [9.17, 15) is 4.79 Å². The van der Waals surface area contributed by atoms with E-state index in [2.05, 4.69) is 34.5 Å². The topological polar surface area (TPSA) is 71.4 Å². The molecule has 0 aliphatic carbocycles. The smallest absolute Gasteiger partial charge is 0.315 e. The van der Waals surface area contributed by atoms with Crippen LogP contribution >= 0.6 is 0 Å². The van der Waals surface area contributed by atoms with E-state index in [4.69, 9.17) is 4.74 Å². The van der Waals surface area contributed by atoms with Gasteiger partial charge < -0.3 is 20.3 Å². The van der Waals surface area contributed by atoms with Gasteiger partial charge in [-0.15, -0.1) is 0 Å². The predicted molar refractivity (Wildman–Crippen MR) is 111 cm³/mol. The lowest BCUT2D eigenvalue weighted by molar-refractivity contribution is 0.232. The number of benzene rings is 1. The Morgan fingerprint density at radius 3 is 2.71 bits per heavy atom.